The minimum absolute atomic E-state index is 0.0370. The summed E-state index contributed by atoms with van der Waals surface area (Å²) in [5.41, 5.74) is 0.0662. The van der Waals surface area contributed by atoms with Crippen molar-refractivity contribution in [2.24, 2.45) is 35.5 Å². The van der Waals surface area contributed by atoms with Crippen LogP contribution in [0, 0.1) is 35.5 Å². The van der Waals surface area contributed by atoms with Crippen LogP contribution in [0.4, 0.5) is 0 Å². The van der Waals surface area contributed by atoms with E-state index in [4.69, 9.17) is 0 Å². The van der Waals surface area contributed by atoms with E-state index in [9.17, 15) is 43.2 Å². The van der Waals surface area contributed by atoms with Crippen molar-refractivity contribution < 1.29 is 47.9 Å². The molecule has 2 heterocycles. The Kier molecular flexibility index (Phi) is 28.8. The van der Waals surface area contributed by atoms with Gasteiger partial charge in [0, 0.05) is 38.7 Å². The molecule has 2 aromatic rings. The summed E-state index contributed by atoms with van der Waals surface area (Å²) < 4.78 is 0. The summed E-state index contributed by atoms with van der Waals surface area (Å²) in [6.07, 6.45) is 7.62. The molecular formula is C67H104N10O10S. The largest absolute Gasteiger partial charge is 0.353 e. The van der Waals surface area contributed by atoms with Crippen LogP contribution in [0.5, 0.6) is 0 Å². The lowest BCUT2D eigenvalue weighted by Crippen LogP contribution is -2.64. The fourth-order valence-electron chi connectivity index (χ4n) is 12.1. The van der Waals surface area contributed by atoms with Crippen LogP contribution in [0.1, 0.15) is 164 Å². The van der Waals surface area contributed by atoms with Gasteiger partial charge in [-0.2, -0.15) is 11.8 Å². The molecule has 8 N–H and O–H groups in total. The van der Waals surface area contributed by atoms with Gasteiger partial charge in [-0.3, -0.25) is 47.9 Å². The molecule has 0 unspecified atom stereocenters. The van der Waals surface area contributed by atoms with Crippen LogP contribution in [0.15, 0.2) is 60.7 Å². The molecule has 488 valence electrons. The fraction of sp³-hybridized carbons (Fsp3) is 0.672. The van der Waals surface area contributed by atoms with Crippen LogP contribution in [0.25, 0.3) is 0 Å². The van der Waals surface area contributed by atoms with Crippen molar-refractivity contribution in [3.8, 4) is 0 Å². The average Bonchev–Trinajstić information content (AvgIpc) is 1.67. The molecule has 88 heavy (non-hydrogen) atoms. The Morgan fingerprint density at radius 3 is 1.60 bits per heavy atom. The van der Waals surface area contributed by atoms with Gasteiger partial charge in [0.1, 0.15) is 53.9 Å². The third-order valence-electron chi connectivity index (χ3n) is 17.2. The molecule has 9 atom stereocenters. The lowest BCUT2D eigenvalue weighted by Gasteiger charge is -2.38. The molecule has 20 nitrogen and oxygen atoms in total. The molecule has 21 heteroatoms. The zero-order valence-electron chi connectivity index (χ0n) is 54.5. The van der Waals surface area contributed by atoms with Crippen LogP contribution in [0.2, 0.25) is 0 Å². The summed E-state index contributed by atoms with van der Waals surface area (Å²) in [6, 6.07) is 9.42. The Labute approximate surface area is 527 Å². The Balaban J connectivity index is 1.55. The number of nitrogens with one attached hydrogen (secondary N) is 8. The second-order valence-electron chi connectivity index (χ2n) is 26.8. The lowest BCUT2D eigenvalue weighted by atomic mass is 9.85. The first-order valence-electron chi connectivity index (χ1n) is 32.3. The molecule has 2 saturated heterocycles. The van der Waals surface area contributed by atoms with Gasteiger partial charge >= 0.3 is 0 Å². The highest BCUT2D eigenvalue weighted by molar-refractivity contribution is 7.99. The van der Waals surface area contributed by atoms with Crippen LogP contribution in [-0.2, 0) is 60.8 Å². The van der Waals surface area contributed by atoms with Crippen molar-refractivity contribution in [2.75, 3.05) is 31.6 Å². The fourth-order valence-corrected chi connectivity index (χ4v) is 12.8. The Bertz CT molecular complexity index is 2650. The molecule has 1 saturated carbocycles. The van der Waals surface area contributed by atoms with E-state index in [0.717, 1.165) is 43.2 Å². The standard InChI is InChI=1S/C67H104N10O10S/c1-41(2)35-50-58(79)68-32-34-88-40-55(78)69-52(38-47-25-18-14-19-26-47)61(82)74-57(45(9)10)65(86)77-33-22-31-67(77,11)66(87)75-56(44(7)8)63(84)72-51(36-42(3)4)60(81)70-49(30-29-46-23-16-13-17-24-46)59(80)73-53(37-43(5)6)64(85)76(12)54(62(83)71-50)39-48-27-20-15-21-28-48/h14-15,18-21,25-28,41-46,49-54,56-57H,13,16-17,22-24,29-40H2,1-12H3,(H,68,79)(H,69,78)(H,70,81)(H,71,83)(H,72,84)(H,73,80)(H,74,82)(H,75,87)/t49-,50-,51-,52-,53-,54-,56-,57-,67-/m0/s1. The van der Waals surface area contributed by atoms with Crippen molar-refractivity contribution >= 4 is 70.8 Å². The zero-order valence-corrected chi connectivity index (χ0v) is 55.3. The van der Waals surface area contributed by atoms with Crippen LogP contribution >= 0.6 is 11.8 Å². The van der Waals surface area contributed by atoms with E-state index in [1.54, 1.807) is 34.6 Å². The van der Waals surface area contributed by atoms with Gasteiger partial charge < -0.3 is 52.3 Å². The van der Waals surface area contributed by atoms with Crippen LogP contribution in [-0.4, -0.2) is 154 Å². The number of hydrogen-bond acceptors (Lipinski definition) is 11. The van der Waals surface area contributed by atoms with Crippen molar-refractivity contribution in [1.29, 1.82) is 0 Å². The Morgan fingerprint density at radius 1 is 0.511 bits per heavy atom. The highest BCUT2D eigenvalue weighted by atomic mass is 32.2. The molecule has 10 amide bonds. The molecule has 2 aromatic carbocycles. The molecule has 3 fully saturated rings. The van der Waals surface area contributed by atoms with E-state index in [1.807, 2.05) is 102 Å². The molecule has 3 aliphatic rings. The summed E-state index contributed by atoms with van der Waals surface area (Å²) in [6.45, 7) is 20.6. The zero-order chi connectivity index (χ0) is 64.8. The minimum Gasteiger partial charge on any atom is -0.353 e. The van der Waals surface area contributed by atoms with Gasteiger partial charge in [0.2, 0.25) is 59.1 Å². The Morgan fingerprint density at radius 2 is 1.02 bits per heavy atom. The van der Waals surface area contributed by atoms with Gasteiger partial charge in [0.05, 0.1) is 5.75 Å². The molecular weight excluding hydrogens is 1140 g/mol. The smallest absolute Gasteiger partial charge is 0.246 e. The van der Waals surface area contributed by atoms with Crippen LogP contribution < -0.4 is 42.5 Å². The second kappa shape index (κ2) is 35.0. The number of likely N-dealkylation sites (N-methyl/N-ethyl adjacent to an activating group) is 1. The molecule has 1 aliphatic carbocycles. The van der Waals surface area contributed by atoms with Gasteiger partial charge in [-0.1, -0.05) is 162 Å². The van der Waals surface area contributed by atoms with E-state index < -0.39 is 125 Å². The third kappa shape index (κ3) is 21.9. The first-order valence-corrected chi connectivity index (χ1v) is 33.5. The number of amides is 10. The van der Waals surface area contributed by atoms with E-state index in [2.05, 4.69) is 42.5 Å². The summed E-state index contributed by atoms with van der Waals surface area (Å²) in [5, 5.41) is 23.6. The maximum absolute atomic E-state index is 15.1. The summed E-state index contributed by atoms with van der Waals surface area (Å²) >= 11 is 1.23. The summed E-state index contributed by atoms with van der Waals surface area (Å²) in [4.78, 5) is 149. The van der Waals surface area contributed by atoms with Crippen molar-refractivity contribution in [2.45, 2.75) is 220 Å². The second-order valence-corrected chi connectivity index (χ2v) is 27.9. The third-order valence-corrected chi connectivity index (χ3v) is 18.1. The van der Waals surface area contributed by atoms with Gasteiger partial charge in [-0.05, 0) is 98.5 Å². The molecule has 0 radical (unpaired) electrons. The maximum atomic E-state index is 15.1. The Hall–Kier alpha value is -6.51. The van der Waals surface area contributed by atoms with E-state index in [-0.39, 0.29) is 81.5 Å². The number of thioether (sulfide) groups is 1. The van der Waals surface area contributed by atoms with Crippen LogP contribution in [0.3, 0.4) is 0 Å². The van der Waals surface area contributed by atoms with Crippen molar-refractivity contribution in [1.82, 2.24) is 52.3 Å². The maximum Gasteiger partial charge on any atom is 0.246 e. The molecule has 0 spiro atoms. The monoisotopic (exact) mass is 1240 g/mol. The predicted octanol–water partition coefficient (Wildman–Crippen LogP) is 5.75. The number of hydrogen-bond donors (Lipinski definition) is 8. The predicted molar refractivity (Wildman–Crippen MR) is 344 cm³/mol. The normalized spacial score (nSPS) is 26.7. The van der Waals surface area contributed by atoms with Gasteiger partial charge in [-0.15, -0.1) is 0 Å². The SMILES string of the molecule is CC(C)C[C@@H]1NC(=O)[C@H](C(C)C)NC(=O)[C@]2(C)CCCN2C(=O)[C@H](C(C)C)NC(=O)[C@H](Cc2ccccc2)NC(=O)CSCCNC(=O)[C@H](CC(C)C)NC(=O)[C@H](Cc2ccccc2)N(C)C(=O)[C@H](CC(C)C)NC(=O)[C@H](CCC2CCCCC2)NC1=O. The van der Waals surface area contributed by atoms with E-state index in [1.165, 1.54) is 28.6 Å². The number of nitrogens with zero attached hydrogens (tertiary/aromatic N) is 2. The van der Waals surface area contributed by atoms with Crippen molar-refractivity contribution in [3.63, 3.8) is 0 Å². The highest BCUT2D eigenvalue weighted by Crippen LogP contribution is 2.32. The topological polar surface area (TPSA) is 273 Å². The first kappa shape index (κ1) is 72.2. The molecule has 2 aliphatic heterocycles. The lowest BCUT2D eigenvalue weighted by molar-refractivity contribution is -0.148. The van der Waals surface area contributed by atoms with Gasteiger partial charge in [0.15, 0.2) is 0 Å². The quantitative estimate of drug-likeness (QED) is 0.106. The van der Waals surface area contributed by atoms with E-state index in [0.29, 0.717) is 24.5 Å². The van der Waals surface area contributed by atoms with Gasteiger partial charge in [-0.25, -0.2) is 0 Å². The number of rotatable bonds is 15. The number of carbonyl (C=O) groups is 10. The molecule has 0 aromatic heterocycles. The average molecular weight is 1240 g/mol. The number of fused-ring (bicyclic) bond motifs is 1. The molecule has 5 rings (SSSR count). The minimum atomic E-state index is -1.45. The van der Waals surface area contributed by atoms with E-state index >= 15 is 4.79 Å². The molecule has 0 bridgehead atoms. The van der Waals surface area contributed by atoms with Gasteiger partial charge in [0.25, 0.3) is 0 Å². The first-order chi connectivity index (χ1) is 41.7. The number of carbonyl (C=O) groups excluding carboxylic acids is 10. The highest BCUT2D eigenvalue weighted by Gasteiger charge is 2.49. The summed E-state index contributed by atoms with van der Waals surface area (Å²) in [7, 11) is 1.52. The summed E-state index contributed by atoms with van der Waals surface area (Å²) in [5.74, 6) is -6.23. The number of benzene rings is 2. The van der Waals surface area contributed by atoms with Crippen molar-refractivity contribution in [3.05, 3.63) is 71.8 Å².